The van der Waals surface area contributed by atoms with Gasteiger partial charge in [0.1, 0.15) is 5.82 Å². The van der Waals surface area contributed by atoms with E-state index in [1.54, 1.807) is 28.0 Å². The minimum atomic E-state index is -0.668. The number of hydrogen-bond acceptors (Lipinski definition) is 2. The van der Waals surface area contributed by atoms with Crippen LogP contribution in [0.3, 0.4) is 0 Å². The molecule has 2 atom stereocenters. The molecule has 1 fully saturated rings. The van der Waals surface area contributed by atoms with Gasteiger partial charge in [-0.2, -0.15) is 0 Å². The van der Waals surface area contributed by atoms with Crippen LogP contribution in [-0.4, -0.2) is 31.1 Å². The highest BCUT2D eigenvalue weighted by molar-refractivity contribution is 6.08. The summed E-state index contributed by atoms with van der Waals surface area (Å²) >= 11 is 0. The highest BCUT2D eigenvalue weighted by Crippen LogP contribution is 2.39. The van der Waals surface area contributed by atoms with Crippen LogP contribution in [0.25, 0.3) is 4.85 Å². The van der Waals surface area contributed by atoms with Crippen molar-refractivity contribution in [3.05, 3.63) is 76.9 Å². The smallest absolute Gasteiger partial charge is 0.329 e. The van der Waals surface area contributed by atoms with Crippen LogP contribution >= 0.6 is 0 Å². The van der Waals surface area contributed by atoms with Gasteiger partial charge in [-0.25, -0.2) is 14.0 Å². The van der Waals surface area contributed by atoms with Crippen molar-refractivity contribution in [3.63, 3.8) is 0 Å². The molecule has 0 radical (unpaired) electrons. The summed E-state index contributed by atoms with van der Waals surface area (Å²) in [7, 11) is 1.44. The van der Waals surface area contributed by atoms with E-state index in [4.69, 9.17) is 6.57 Å². The molecule has 4 rings (SSSR count). The van der Waals surface area contributed by atoms with Crippen LogP contribution in [0.4, 0.5) is 26.2 Å². The van der Waals surface area contributed by atoms with E-state index in [-0.39, 0.29) is 23.7 Å². The summed E-state index contributed by atoms with van der Waals surface area (Å²) in [5.74, 6) is -1.18. The monoisotopic (exact) mass is 404 g/mol. The van der Waals surface area contributed by atoms with Gasteiger partial charge in [0.2, 0.25) is 0 Å². The van der Waals surface area contributed by atoms with Gasteiger partial charge in [0, 0.05) is 18.4 Å². The number of allylic oxidation sites excluding steroid dienone is 1. The third-order valence-electron chi connectivity index (χ3n) is 5.68. The first-order valence-electron chi connectivity index (χ1n) is 9.75. The number of fused-ring (bicyclic) bond motifs is 1. The molecule has 2 aromatic carbocycles. The zero-order valence-electron chi connectivity index (χ0n) is 16.7. The van der Waals surface area contributed by atoms with E-state index < -0.39 is 11.7 Å². The molecule has 0 unspecified atom stereocenters. The lowest BCUT2D eigenvalue weighted by Crippen LogP contribution is -2.37. The molecule has 152 valence electrons. The molecule has 0 saturated carbocycles. The molecule has 7 heteroatoms. The van der Waals surface area contributed by atoms with Crippen molar-refractivity contribution in [2.45, 2.75) is 31.8 Å². The fourth-order valence-corrected chi connectivity index (χ4v) is 4.20. The number of nitrogens with one attached hydrogen (secondary N) is 1. The maximum absolute atomic E-state index is 14.6. The van der Waals surface area contributed by atoms with E-state index in [1.807, 2.05) is 19.1 Å². The molecular formula is C23H21FN4O2. The summed E-state index contributed by atoms with van der Waals surface area (Å²) in [4.78, 5) is 32.1. The largest absolute Gasteiger partial charge is 0.355 e. The fraction of sp³-hybridized carbons (Fsp3) is 0.261. The summed E-state index contributed by atoms with van der Waals surface area (Å²) in [5.41, 5.74) is 2.41. The van der Waals surface area contributed by atoms with Crippen LogP contribution in [0.15, 0.2) is 48.6 Å². The van der Waals surface area contributed by atoms with Gasteiger partial charge in [0.05, 0.1) is 24.2 Å². The van der Waals surface area contributed by atoms with E-state index in [1.165, 1.54) is 19.2 Å². The van der Waals surface area contributed by atoms with Crippen molar-refractivity contribution in [2.24, 2.45) is 0 Å². The Kier molecular flexibility index (Phi) is 5.00. The first-order chi connectivity index (χ1) is 14.5. The lowest BCUT2D eigenvalue weighted by molar-refractivity contribution is 0.0959. The number of aryl methyl sites for hydroxylation is 1. The quantitative estimate of drug-likeness (QED) is 0.601. The Morgan fingerprint density at radius 3 is 2.60 bits per heavy atom. The molecular weight excluding hydrogens is 383 g/mol. The molecule has 0 spiro atoms. The number of amides is 3. The van der Waals surface area contributed by atoms with Gasteiger partial charge in [0.15, 0.2) is 5.69 Å². The Morgan fingerprint density at radius 1 is 1.20 bits per heavy atom. The zero-order chi connectivity index (χ0) is 21.4. The molecule has 1 N–H and O–H groups in total. The number of benzene rings is 2. The minimum absolute atomic E-state index is 0.0600. The molecule has 2 aliphatic rings. The second-order valence-electron chi connectivity index (χ2n) is 7.41. The predicted octanol–water partition coefficient (Wildman–Crippen LogP) is 4.58. The normalized spacial score (nSPS) is 20.1. The molecule has 1 saturated heterocycles. The Balaban J connectivity index is 1.76. The molecule has 0 bridgehead atoms. The molecule has 6 nitrogen and oxygen atoms in total. The van der Waals surface area contributed by atoms with Crippen molar-refractivity contribution in [1.82, 2.24) is 5.32 Å². The Morgan fingerprint density at radius 2 is 1.93 bits per heavy atom. The van der Waals surface area contributed by atoms with Gasteiger partial charge < -0.3 is 5.32 Å². The van der Waals surface area contributed by atoms with Crippen molar-refractivity contribution in [2.75, 3.05) is 16.8 Å². The average molecular weight is 404 g/mol. The van der Waals surface area contributed by atoms with Gasteiger partial charge >= 0.3 is 6.03 Å². The predicted molar refractivity (Wildman–Crippen MR) is 114 cm³/mol. The van der Waals surface area contributed by atoms with Crippen molar-refractivity contribution >= 4 is 29.0 Å². The van der Waals surface area contributed by atoms with Gasteiger partial charge in [0.25, 0.3) is 5.91 Å². The lowest BCUT2D eigenvalue weighted by Gasteiger charge is -2.28. The lowest BCUT2D eigenvalue weighted by atomic mass is 9.95. The van der Waals surface area contributed by atoms with E-state index in [0.29, 0.717) is 17.1 Å². The van der Waals surface area contributed by atoms with Gasteiger partial charge in [-0.3, -0.25) is 14.6 Å². The number of rotatable bonds is 3. The summed E-state index contributed by atoms with van der Waals surface area (Å²) in [6, 6.07) is 9.00. The summed E-state index contributed by atoms with van der Waals surface area (Å²) < 4.78 is 14.6. The first-order valence-corrected chi connectivity index (χ1v) is 9.75. The van der Waals surface area contributed by atoms with E-state index >= 15 is 0 Å². The van der Waals surface area contributed by atoms with Crippen molar-refractivity contribution in [1.29, 1.82) is 0 Å². The fourth-order valence-electron chi connectivity index (χ4n) is 4.20. The van der Waals surface area contributed by atoms with Gasteiger partial charge in [-0.15, -0.1) is 0 Å². The van der Waals surface area contributed by atoms with E-state index in [0.717, 1.165) is 18.4 Å². The van der Waals surface area contributed by atoms with Crippen LogP contribution < -0.4 is 15.1 Å². The number of carbonyl (C=O) groups is 2. The van der Waals surface area contributed by atoms with E-state index in [2.05, 4.69) is 16.2 Å². The summed E-state index contributed by atoms with van der Waals surface area (Å²) in [6.45, 7) is 9.08. The molecule has 3 amide bonds. The van der Waals surface area contributed by atoms with Crippen LogP contribution in [0.2, 0.25) is 0 Å². The SMILES string of the molecule is [C-]#[N+]c1ccc(N2C(=O)N(c3ccc(C(=O)NC)c(F)c3)[C@H]3CCC=C[C@@H]32)cc1C. The van der Waals surface area contributed by atoms with Gasteiger partial charge in [-0.1, -0.05) is 18.2 Å². The van der Waals surface area contributed by atoms with Crippen LogP contribution in [0, 0.1) is 19.3 Å². The zero-order valence-corrected chi connectivity index (χ0v) is 16.7. The highest BCUT2D eigenvalue weighted by Gasteiger charge is 2.46. The Hall–Kier alpha value is -3.66. The molecule has 1 aliphatic carbocycles. The maximum atomic E-state index is 14.6. The number of anilines is 2. The third-order valence-corrected chi connectivity index (χ3v) is 5.68. The number of hydrogen-bond donors (Lipinski definition) is 1. The number of nitrogens with zero attached hydrogens (tertiary/aromatic N) is 3. The molecule has 30 heavy (non-hydrogen) atoms. The van der Waals surface area contributed by atoms with Crippen LogP contribution in [0.1, 0.15) is 28.8 Å². The minimum Gasteiger partial charge on any atom is -0.355 e. The topological polar surface area (TPSA) is 57.0 Å². The third kappa shape index (κ3) is 3.11. The number of carbonyl (C=O) groups excluding carboxylic acids is 2. The second-order valence-corrected chi connectivity index (χ2v) is 7.41. The highest BCUT2D eigenvalue weighted by atomic mass is 19.1. The first kappa shape index (κ1) is 19.6. The maximum Gasteiger partial charge on any atom is 0.329 e. The average Bonchev–Trinajstić information content (AvgIpc) is 3.04. The summed E-state index contributed by atoms with van der Waals surface area (Å²) in [5, 5.41) is 2.41. The Bertz CT molecular complexity index is 1100. The van der Waals surface area contributed by atoms with Crippen molar-refractivity contribution in [3.8, 4) is 0 Å². The Labute approximate surface area is 174 Å². The van der Waals surface area contributed by atoms with Crippen LogP contribution in [-0.2, 0) is 0 Å². The molecule has 2 aromatic rings. The molecule has 1 heterocycles. The molecule has 0 aromatic heterocycles. The van der Waals surface area contributed by atoms with Crippen molar-refractivity contribution < 1.29 is 14.0 Å². The van der Waals surface area contributed by atoms with Gasteiger partial charge in [-0.05, 0) is 55.7 Å². The molecule has 1 aliphatic heterocycles. The second kappa shape index (κ2) is 7.64. The standard InChI is InChI=1S/C23H21FN4O2/c1-14-12-15(9-11-19(14)25-2)27-20-6-4-5-7-21(20)28(23(27)30)16-8-10-17(18(24)13-16)22(29)26-3/h4,6,8-13,20-21H,5,7H2,1,3H3,(H,26,29)/t20-,21-/m0/s1. The van der Waals surface area contributed by atoms with Crippen LogP contribution in [0.5, 0.6) is 0 Å². The van der Waals surface area contributed by atoms with E-state index in [9.17, 15) is 14.0 Å². The summed E-state index contributed by atoms with van der Waals surface area (Å²) in [6.07, 6.45) is 5.65. The number of halogens is 1. The number of urea groups is 1.